The molecule has 210 valence electrons. The Morgan fingerprint density at radius 2 is 1.89 bits per heavy atom. The summed E-state index contributed by atoms with van der Waals surface area (Å²) in [5.74, 6) is -1.47. The number of nitrogens with one attached hydrogen (secondary N) is 2. The molecule has 2 aromatic rings. The standard InChI is InChI=1S/C24H35N4O8PS/c1-7-35-19(29)14-17-21(30)20(23(31)28(17)12-11-24(3,4)5)22-25-16-10-9-15(27-38(6,33)34)13-18(16)37(32,26-22)36-8-2/h9-10,13,27,30-31H,7-8,11-12,14H2,1-6H3,(H,25,26,32). The van der Waals surface area contributed by atoms with Crippen molar-refractivity contribution in [3.63, 3.8) is 0 Å². The lowest BCUT2D eigenvalue weighted by Gasteiger charge is -2.25. The number of benzene rings is 1. The van der Waals surface area contributed by atoms with Crippen LogP contribution in [0, 0.1) is 5.41 Å². The SMILES string of the molecule is CCOC(=O)Cc1c(O)c(C2=NP(=O)(OCC)c3cc(NS(C)(=O)=O)ccc3N2)c(O)n1CCC(C)(C)C. The summed E-state index contributed by atoms with van der Waals surface area (Å²) >= 11 is 0. The Labute approximate surface area is 222 Å². The fourth-order valence-corrected chi connectivity index (χ4v) is 6.31. The van der Waals surface area contributed by atoms with Crippen LogP contribution in [0.4, 0.5) is 11.4 Å². The van der Waals surface area contributed by atoms with Gasteiger partial charge >= 0.3 is 13.5 Å². The van der Waals surface area contributed by atoms with Crippen LogP contribution < -0.4 is 15.3 Å². The van der Waals surface area contributed by atoms with Crippen molar-refractivity contribution in [2.75, 3.05) is 29.5 Å². The summed E-state index contributed by atoms with van der Waals surface area (Å²) in [4.78, 5) is 12.3. The molecule has 0 aliphatic carbocycles. The van der Waals surface area contributed by atoms with E-state index in [1.54, 1.807) is 13.8 Å². The minimum atomic E-state index is -3.98. The first-order valence-corrected chi connectivity index (χ1v) is 15.6. The second-order valence-electron chi connectivity index (χ2n) is 10.1. The number of carbonyl (C=O) groups is 1. The zero-order chi connectivity index (χ0) is 28.5. The van der Waals surface area contributed by atoms with Gasteiger partial charge in [0.2, 0.25) is 15.9 Å². The lowest BCUT2D eigenvalue weighted by molar-refractivity contribution is -0.142. The van der Waals surface area contributed by atoms with Gasteiger partial charge in [0, 0.05) is 12.2 Å². The molecular weight excluding hydrogens is 535 g/mol. The number of hydrogen-bond donors (Lipinski definition) is 4. The van der Waals surface area contributed by atoms with E-state index in [9.17, 15) is 28.0 Å². The summed E-state index contributed by atoms with van der Waals surface area (Å²) in [5, 5.41) is 25.5. The number of hydrogen-bond acceptors (Lipinski definition) is 9. The molecule has 12 nitrogen and oxygen atoms in total. The largest absolute Gasteiger partial charge is 0.505 e. The highest BCUT2D eigenvalue weighted by molar-refractivity contribution is 7.92. The van der Waals surface area contributed by atoms with Crippen LogP contribution in [0.3, 0.4) is 0 Å². The van der Waals surface area contributed by atoms with Crippen molar-refractivity contribution in [2.45, 2.75) is 54.0 Å². The van der Waals surface area contributed by atoms with Gasteiger partial charge in [0.25, 0.3) is 0 Å². The van der Waals surface area contributed by atoms with Crippen molar-refractivity contribution in [2.24, 2.45) is 10.2 Å². The lowest BCUT2D eigenvalue weighted by atomic mass is 9.92. The van der Waals surface area contributed by atoms with Gasteiger partial charge in [-0.05, 0) is 43.9 Å². The van der Waals surface area contributed by atoms with E-state index in [1.807, 2.05) is 20.8 Å². The second-order valence-corrected chi connectivity index (χ2v) is 13.8. The van der Waals surface area contributed by atoms with Crippen molar-refractivity contribution in [3.8, 4) is 11.6 Å². The first-order chi connectivity index (χ1) is 17.6. The van der Waals surface area contributed by atoms with Crippen LogP contribution in [0.15, 0.2) is 23.0 Å². The average Bonchev–Trinajstić information content (AvgIpc) is 3.00. The normalized spacial score (nSPS) is 17.4. The van der Waals surface area contributed by atoms with E-state index in [-0.39, 0.29) is 65.6 Å². The fraction of sp³-hybridized carbons (Fsp3) is 0.500. The number of carbonyl (C=O) groups excluding carboxylic acids is 1. The van der Waals surface area contributed by atoms with Crippen LogP contribution in [0.2, 0.25) is 0 Å². The van der Waals surface area contributed by atoms with Gasteiger partial charge in [-0.2, -0.15) is 4.76 Å². The van der Waals surface area contributed by atoms with Gasteiger partial charge in [0.05, 0.1) is 42.6 Å². The first kappa shape index (κ1) is 29.5. The van der Waals surface area contributed by atoms with Crippen LogP contribution in [0.1, 0.15) is 52.3 Å². The number of amidine groups is 1. The van der Waals surface area contributed by atoms with Crippen LogP contribution in [-0.2, 0) is 41.6 Å². The summed E-state index contributed by atoms with van der Waals surface area (Å²) in [6, 6.07) is 4.32. The highest BCUT2D eigenvalue weighted by atomic mass is 32.2. The molecule has 1 atom stereocenters. The quantitative estimate of drug-likeness (QED) is 0.247. The third kappa shape index (κ3) is 6.69. The maximum absolute atomic E-state index is 13.9. The Balaban J connectivity index is 2.15. The molecule has 1 aliphatic heterocycles. The van der Waals surface area contributed by atoms with Crippen molar-refractivity contribution in [1.82, 2.24) is 4.57 Å². The third-order valence-electron chi connectivity index (χ3n) is 5.65. The molecule has 0 bridgehead atoms. The molecule has 1 aromatic carbocycles. The summed E-state index contributed by atoms with van der Waals surface area (Å²) in [6.07, 6.45) is 1.30. The van der Waals surface area contributed by atoms with Gasteiger partial charge in [-0.15, -0.1) is 0 Å². The first-order valence-electron chi connectivity index (χ1n) is 12.1. The maximum Gasteiger partial charge on any atom is 0.348 e. The lowest BCUT2D eigenvalue weighted by Crippen LogP contribution is -2.26. The van der Waals surface area contributed by atoms with E-state index in [4.69, 9.17) is 9.26 Å². The molecule has 0 fully saturated rings. The number of rotatable bonds is 10. The summed E-state index contributed by atoms with van der Waals surface area (Å²) in [6.45, 7) is 9.82. The second kappa shape index (κ2) is 11.0. The van der Waals surface area contributed by atoms with Crippen LogP contribution in [0.5, 0.6) is 11.6 Å². The molecule has 0 radical (unpaired) electrons. The Morgan fingerprint density at radius 3 is 2.47 bits per heavy atom. The minimum Gasteiger partial charge on any atom is -0.505 e. The Bertz CT molecular complexity index is 1410. The van der Waals surface area contributed by atoms with E-state index in [0.29, 0.717) is 12.1 Å². The van der Waals surface area contributed by atoms with Crippen molar-refractivity contribution in [3.05, 3.63) is 29.5 Å². The van der Waals surface area contributed by atoms with Gasteiger partial charge in [-0.25, -0.2) is 8.42 Å². The van der Waals surface area contributed by atoms with Gasteiger partial charge in [0.15, 0.2) is 11.6 Å². The minimum absolute atomic E-state index is 0.0237. The molecule has 3 rings (SSSR count). The van der Waals surface area contributed by atoms with Crippen molar-refractivity contribution in [1.29, 1.82) is 0 Å². The smallest absolute Gasteiger partial charge is 0.348 e. The average molecular weight is 571 g/mol. The van der Waals surface area contributed by atoms with E-state index in [2.05, 4.69) is 14.8 Å². The molecule has 38 heavy (non-hydrogen) atoms. The van der Waals surface area contributed by atoms with Crippen LogP contribution >= 0.6 is 7.52 Å². The van der Waals surface area contributed by atoms with Gasteiger partial charge in [0.1, 0.15) is 5.56 Å². The fourth-order valence-electron chi connectivity index (χ4n) is 3.95. The molecule has 0 saturated carbocycles. The number of aromatic hydroxyl groups is 2. The molecular formula is C24H35N4O8PS. The number of esters is 1. The van der Waals surface area contributed by atoms with Crippen LogP contribution in [-0.4, -0.2) is 54.5 Å². The Morgan fingerprint density at radius 1 is 1.21 bits per heavy atom. The molecule has 14 heteroatoms. The molecule has 0 saturated heterocycles. The highest BCUT2D eigenvalue weighted by Gasteiger charge is 2.37. The van der Waals surface area contributed by atoms with Gasteiger partial charge in [-0.1, -0.05) is 20.8 Å². The zero-order valence-electron chi connectivity index (χ0n) is 22.4. The predicted octanol–water partition coefficient (Wildman–Crippen LogP) is 3.54. The predicted molar refractivity (Wildman–Crippen MR) is 146 cm³/mol. The summed E-state index contributed by atoms with van der Waals surface area (Å²) in [5.41, 5.74) is 0.341. The Kier molecular flexibility index (Phi) is 8.55. The summed E-state index contributed by atoms with van der Waals surface area (Å²) in [7, 11) is -7.57. The third-order valence-corrected chi connectivity index (χ3v) is 8.31. The molecule has 1 unspecified atom stereocenters. The topological polar surface area (TPSA) is 169 Å². The van der Waals surface area contributed by atoms with E-state index >= 15 is 0 Å². The number of sulfonamides is 1. The molecule has 4 N–H and O–H groups in total. The maximum atomic E-state index is 13.9. The monoisotopic (exact) mass is 570 g/mol. The molecule has 0 amide bonds. The molecule has 0 spiro atoms. The zero-order valence-corrected chi connectivity index (χ0v) is 24.1. The number of nitrogens with zero attached hydrogens (tertiary/aromatic N) is 2. The van der Waals surface area contributed by atoms with E-state index < -0.39 is 29.3 Å². The van der Waals surface area contributed by atoms with E-state index in [0.717, 1.165) is 6.26 Å². The number of fused-ring (bicyclic) bond motifs is 1. The number of aromatic nitrogens is 1. The van der Waals surface area contributed by atoms with Crippen LogP contribution in [0.25, 0.3) is 0 Å². The number of anilines is 2. The van der Waals surface area contributed by atoms with Crippen molar-refractivity contribution >= 4 is 46.0 Å². The van der Waals surface area contributed by atoms with Crippen molar-refractivity contribution < 1.29 is 37.3 Å². The highest BCUT2D eigenvalue weighted by Crippen LogP contribution is 2.53. The Hall–Kier alpha value is -3.02. The van der Waals surface area contributed by atoms with E-state index in [1.165, 1.54) is 22.8 Å². The number of ether oxygens (including phenoxy) is 1. The molecule has 1 aromatic heterocycles. The molecule has 2 heterocycles. The molecule has 1 aliphatic rings. The summed E-state index contributed by atoms with van der Waals surface area (Å²) < 4.78 is 55.9. The van der Waals surface area contributed by atoms with Gasteiger partial charge in [-0.3, -0.25) is 14.1 Å². The van der Waals surface area contributed by atoms with Gasteiger partial charge < -0.3 is 29.4 Å².